The Labute approximate surface area is 116 Å². The van der Waals surface area contributed by atoms with Gasteiger partial charge in [0.2, 0.25) is 15.0 Å². The van der Waals surface area contributed by atoms with Crippen molar-refractivity contribution in [3.8, 4) is 0 Å². The van der Waals surface area contributed by atoms with Crippen LogP contribution in [0.2, 0.25) is 5.15 Å². The van der Waals surface area contributed by atoms with E-state index in [1.54, 1.807) is 6.07 Å². The third kappa shape index (κ3) is 3.42. The number of hydrogen-bond acceptors (Lipinski definition) is 5. The molecule has 2 N–H and O–H groups in total. The summed E-state index contributed by atoms with van der Waals surface area (Å²) in [6.45, 7) is 0. The molecule has 0 saturated carbocycles. The number of hydrogen-bond donors (Lipinski definition) is 1. The maximum absolute atomic E-state index is 11.4. The lowest BCUT2D eigenvalue weighted by Gasteiger charge is -2.06. The molecule has 0 atom stereocenters. The van der Waals surface area contributed by atoms with Crippen molar-refractivity contribution >= 4 is 27.1 Å². The molecule has 0 unspecified atom stereocenters. The lowest BCUT2D eigenvalue weighted by Crippen LogP contribution is -2.07. The van der Waals surface area contributed by atoms with Gasteiger partial charge >= 0.3 is 0 Å². The van der Waals surface area contributed by atoms with Crippen molar-refractivity contribution in [3.05, 3.63) is 46.7 Å². The average Bonchev–Trinajstić information content (AvgIpc) is 2.30. The van der Waals surface area contributed by atoms with Gasteiger partial charge in [0, 0.05) is 18.4 Å². The quantitative estimate of drug-likeness (QED) is 0.529. The lowest BCUT2D eigenvalue weighted by atomic mass is 10.1. The van der Waals surface area contributed by atoms with E-state index in [9.17, 15) is 8.42 Å². The molecule has 0 spiro atoms. The number of nitrogens with two attached hydrogens (primary N) is 1. The zero-order chi connectivity index (χ0) is 14.0. The summed E-state index contributed by atoms with van der Waals surface area (Å²) in [5.41, 5.74) is 7.83. The summed E-state index contributed by atoms with van der Waals surface area (Å²) >= 11 is 5.82. The van der Waals surface area contributed by atoms with Gasteiger partial charge in [-0.25, -0.2) is 18.4 Å². The Morgan fingerprint density at radius 1 is 1.26 bits per heavy atom. The number of rotatable bonds is 3. The fourth-order valence-electron chi connectivity index (χ4n) is 1.59. The van der Waals surface area contributed by atoms with Gasteiger partial charge in [0.25, 0.3) is 0 Å². The first-order valence-corrected chi connectivity index (χ1v) is 7.70. The molecule has 1 heterocycles. The second-order valence-electron chi connectivity index (χ2n) is 4.11. The molecule has 5 nitrogen and oxygen atoms in total. The van der Waals surface area contributed by atoms with Crippen LogP contribution in [0.3, 0.4) is 0 Å². The van der Waals surface area contributed by atoms with Crippen molar-refractivity contribution in [2.45, 2.75) is 11.6 Å². The first kappa shape index (κ1) is 13.8. The number of aromatic nitrogens is 2. The van der Waals surface area contributed by atoms with Gasteiger partial charge in [-0.2, -0.15) is 0 Å². The number of nitrogen functional groups attached to an aromatic ring is 1. The summed E-state index contributed by atoms with van der Waals surface area (Å²) < 4.78 is 22.9. The molecule has 2 aromatic rings. The van der Waals surface area contributed by atoms with Gasteiger partial charge in [-0.05, 0) is 17.7 Å². The smallest absolute Gasteiger partial charge is 0.248 e. The highest BCUT2D eigenvalue weighted by molar-refractivity contribution is 7.90. The van der Waals surface area contributed by atoms with Crippen LogP contribution < -0.4 is 5.73 Å². The number of halogens is 1. The topological polar surface area (TPSA) is 85.9 Å². The van der Waals surface area contributed by atoms with Gasteiger partial charge in [0.05, 0.1) is 5.69 Å². The molecule has 19 heavy (non-hydrogen) atoms. The molecule has 100 valence electrons. The highest BCUT2D eigenvalue weighted by Gasteiger charge is 2.14. The highest BCUT2D eigenvalue weighted by Crippen LogP contribution is 2.18. The van der Waals surface area contributed by atoms with Crippen LogP contribution in [0, 0.1) is 0 Å². The van der Waals surface area contributed by atoms with E-state index < -0.39 is 9.84 Å². The number of benzene rings is 1. The molecule has 0 saturated heterocycles. The zero-order valence-electron chi connectivity index (χ0n) is 10.2. The van der Waals surface area contributed by atoms with Crippen LogP contribution in [0.5, 0.6) is 0 Å². The van der Waals surface area contributed by atoms with E-state index in [2.05, 4.69) is 9.97 Å². The minimum Gasteiger partial charge on any atom is -0.398 e. The Kier molecular flexibility index (Phi) is 3.73. The van der Waals surface area contributed by atoms with Crippen molar-refractivity contribution in [2.24, 2.45) is 0 Å². The van der Waals surface area contributed by atoms with E-state index >= 15 is 0 Å². The molecule has 0 radical (unpaired) electrons. The largest absolute Gasteiger partial charge is 0.398 e. The molecular formula is C12H12ClN3O2S. The summed E-state index contributed by atoms with van der Waals surface area (Å²) in [5, 5.41) is -0.176. The van der Waals surface area contributed by atoms with Crippen LogP contribution in [0.4, 0.5) is 5.69 Å². The number of sulfone groups is 1. The van der Waals surface area contributed by atoms with Gasteiger partial charge in [-0.3, -0.25) is 0 Å². The minimum absolute atomic E-state index is 0.0972. The molecule has 0 aliphatic carbocycles. The molecular weight excluding hydrogens is 286 g/mol. The molecule has 2 rings (SSSR count). The summed E-state index contributed by atoms with van der Waals surface area (Å²) in [6, 6.07) is 8.84. The molecule has 0 amide bonds. The van der Waals surface area contributed by atoms with Crippen molar-refractivity contribution in [3.63, 3.8) is 0 Å². The van der Waals surface area contributed by atoms with Gasteiger partial charge in [0.15, 0.2) is 0 Å². The average molecular weight is 298 g/mol. The molecule has 0 aliphatic heterocycles. The van der Waals surface area contributed by atoms with E-state index in [-0.39, 0.29) is 10.3 Å². The molecule has 0 fully saturated rings. The highest BCUT2D eigenvalue weighted by atomic mass is 35.5. The third-order valence-electron chi connectivity index (χ3n) is 2.49. The predicted molar refractivity (Wildman–Crippen MR) is 73.8 cm³/mol. The summed E-state index contributed by atoms with van der Waals surface area (Å²) in [4.78, 5) is 7.71. The monoisotopic (exact) mass is 297 g/mol. The Hall–Kier alpha value is -1.66. The second kappa shape index (κ2) is 5.14. The standard InChI is InChI=1S/C12H12ClN3O2S/c1-19(17,18)12-15-9(7-11(13)16-12)6-8-4-2-3-5-10(8)14/h2-5,7H,6,14H2,1H3. The van der Waals surface area contributed by atoms with Gasteiger partial charge in [-0.1, -0.05) is 29.8 Å². The van der Waals surface area contributed by atoms with Crippen LogP contribution in [0.15, 0.2) is 35.5 Å². The lowest BCUT2D eigenvalue weighted by molar-refractivity contribution is 0.592. The summed E-state index contributed by atoms with van der Waals surface area (Å²) in [7, 11) is -3.49. The molecule has 0 aliphatic rings. The molecule has 7 heteroatoms. The van der Waals surface area contributed by atoms with Crippen molar-refractivity contribution in [2.75, 3.05) is 12.0 Å². The van der Waals surface area contributed by atoms with Crippen LogP contribution in [0.1, 0.15) is 11.3 Å². The van der Waals surface area contributed by atoms with E-state index in [1.807, 2.05) is 18.2 Å². The Morgan fingerprint density at radius 3 is 2.58 bits per heavy atom. The number of nitrogens with zero attached hydrogens (tertiary/aromatic N) is 2. The SMILES string of the molecule is CS(=O)(=O)c1nc(Cl)cc(Cc2ccccc2N)n1. The van der Waals surface area contributed by atoms with E-state index in [0.29, 0.717) is 17.8 Å². The van der Waals surface area contributed by atoms with E-state index in [4.69, 9.17) is 17.3 Å². The van der Waals surface area contributed by atoms with E-state index in [1.165, 1.54) is 6.07 Å². The Bertz CT molecular complexity index is 717. The summed E-state index contributed by atoms with van der Waals surface area (Å²) in [5.74, 6) is 0. The van der Waals surface area contributed by atoms with Crippen molar-refractivity contribution < 1.29 is 8.42 Å². The van der Waals surface area contributed by atoms with E-state index in [0.717, 1.165) is 11.8 Å². The van der Waals surface area contributed by atoms with Gasteiger partial charge in [-0.15, -0.1) is 0 Å². The maximum atomic E-state index is 11.4. The molecule has 0 bridgehead atoms. The first-order chi connectivity index (χ1) is 8.86. The van der Waals surface area contributed by atoms with Crippen LogP contribution >= 0.6 is 11.6 Å². The zero-order valence-corrected chi connectivity index (χ0v) is 11.7. The fourth-order valence-corrected chi connectivity index (χ4v) is 2.39. The van der Waals surface area contributed by atoms with Gasteiger partial charge < -0.3 is 5.73 Å². The number of anilines is 1. The van der Waals surface area contributed by atoms with Gasteiger partial charge in [0.1, 0.15) is 5.15 Å². The Balaban J connectivity index is 2.42. The first-order valence-electron chi connectivity index (χ1n) is 5.43. The fraction of sp³-hybridized carbons (Fsp3) is 0.167. The Morgan fingerprint density at radius 2 is 1.95 bits per heavy atom. The normalized spacial score (nSPS) is 11.5. The second-order valence-corrected chi connectivity index (χ2v) is 6.41. The van der Waals surface area contributed by atoms with Crippen LogP contribution in [-0.4, -0.2) is 24.6 Å². The predicted octanol–water partition coefficient (Wildman–Crippen LogP) is 1.71. The summed E-state index contributed by atoms with van der Waals surface area (Å²) in [6.07, 6.45) is 1.44. The third-order valence-corrected chi connectivity index (χ3v) is 3.53. The maximum Gasteiger partial charge on any atom is 0.248 e. The van der Waals surface area contributed by atoms with Crippen molar-refractivity contribution in [1.82, 2.24) is 9.97 Å². The molecule has 1 aromatic heterocycles. The van der Waals surface area contributed by atoms with Crippen molar-refractivity contribution in [1.29, 1.82) is 0 Å². The number of para-hydroxylation sites is 1. The molecule has 1 aromatic carbocycles. The van der Waals surface area contributed by atoms with Crippen LogP contribution in [-0.2, 0) is 16.3 Å². The minimum atomic E-state index is -3.49. The van der Waals surface area contributed by atoms with Crippen LogP contribution in [0.25, 0.3) is 0 Å².